The number of hydrogen-bond acceptors (Lipinski definition) is 2. The molecule has 0 aromatic carbocycles. The number of ether oxygens (including phenoxy) is 1. The van der Waals surface area contributed by atoms with Crippen LogP contribution in [0.25, 0.3) is 0 Å². The predicted octanol–water partition coefficient (Wildman–Crippen LogP) is 2.83. The molecule has 0 bridgehead atoms. The van der Waals surface area contributed by atoms with Gasteiger partial charge >= 0.3 is 0 Å². The zero-order valence-electron chi connectivity index (χ0n) is 10.9. The fraction of sp³-hybridized carbons (Fsp3) is 1.00. The molecule has 2 fully saturated rings. The van der Waals surface area contributed by atoms with Crippen LogP contribution in [0.4, 0.5) is 0 Å². The summed E-state index contributed by atoms with van der Waals surface area (Å²) in [5.41, 5.74) is 0. The molecule has 0 amide bonds. The van der Waals surface area contributed by atoms with Crippen molar-refractivity contribution >= 4 is 0 Å². The summed E-state index contributed by atoms with van der Waals surface area (Å²) in [5, 5.41) is 3.47. The van der Waals surface area contributed by atoms with Gasteiger partial charge in [0.2, 0.25) is 0 Å². The molecule has 0 aromatic rings. The molecule has 2 saturated heterocycles. The molecule has 2 nitrogen and oxygen atoms in total. The third-order valence-corrected chi connectivity index (χ3v) is 4.58. The van der Waals surface area contributed by atoms with E-state index in [-0.39, 0.29) is 0 Å². The van der Waals surface area contributed by atoms with Gasteiger partial charge in [-0.3, -0.25) is 0 Å². The highest BCUT2D eigenvalue weighted by molar-refractivity contribution is 4.78. The second kappa shape index (κ2) is 6.02. The first-order chi connectivity index (χ1) is 7.77. The lowest BCUT2D eigenvalue weighted by Crippen LogP contribution is -2.20. The third kappa shape index (κ3) is 3.21. The average Bonchev–Trinajstić information content (AvgIpc) is 2.95. The zero-order chi connectivity index (χ0) is 11.4. The Morgan fingerprint density at radius 3 is 2.62 bits per heavy atom. The lowest BCUT2D eigenvalue weighted by Gasteiger charge is -2.23. The molecule has 0 spiro atoms. The molecular weight excluding hydrogens is 198 g/mol. The normalized spacial score (nSPS) is 34.1. The molecule has 4 atom stereocenters. The monoisotopic (exact) mass is 225 g/mol. The summed E-state index contributed by atoms with van der Waals surface area (Å²) in [4.78, 5) is 0. The summed E-state index contributed by atoms with van der Waals surface area (Å²) < 4.78 is 5.76. The zero-order valence-corrected chi connectivity index (χ0v) is 10.9. The Balaban J connectivity index is 1.65. The van der Waals surface area contributed by atoms with Crippen LogP contribution in [-0.4, -0.2) is 25.8 Å². The molecule has 2 heteroatoms. The Labute approximate surface area is 100 Å². The first-order valence-electron chi connectivity index (χ1n) is 7.09. The van der Waals surface area contributed by atoms with Gasteiger partial charge in [0.25, 0.3) is 0 Å². The van der Waals surface area contributed by atoms with E-state index in [1.54, 1.807) is 0 Å². The van der Waals surface area contributed by atoms with E-state index in [0.717, 1.165) is 24.4 Å². The topological polar surface area (TPSA) is 21.3 Å². The quantitative estimate of drug-likeness (QED) is 0.777. The van der Waals surface area contributed by atoms with Crippen LogP contribution in [-0.2, 0) is 4.74 Å². The highest BCUT2D eigenvalue weighted by Crippen LogP contribution is 2.28. The largest absolute Gasteiger partial charge is 0.378 e. The second-order valence-electron chi connectivity index (χ2n) is 5.84. The van der Waals surface area contributed by atoms with Gasteiger partial charge in [-0.05, 0) is 56.5 Å². The standard InChI is InChI=1S/C14H27NO/c1-11(13-7-8-15-10-13)5-6-12(2)14-4-3-9-16-14/h11-15H,3-10H2,1-2H3. The van der Waals surface area contributed by atoms with Crippen LogP contribution in [0.3, 0.4) is 0 Å². The smallest absolute Gasteiger partial charge is 0.0601 e. The summed E-state index contributed by atoms with van der Waals surface area (Å²) in [5.74, 6) is 2.58. The highest BCUT2D eigenvalue weighted by atomic mass is 16.5. The number of nitrogens with one attached hydrogen (secondary N) is 1. The molecule has 2 rings (SSSR count). The molecule has 2 aliphatic rings. The van der Waals surface area contributed by atoms with E-state index in [1.807, 2.05) is 0 Å². The maximum atomic E-state index is 5.76. The van der Waals surface area contributed by atoms with Gasteiger partial charge in [0.05, 0.1) is 6.10 Å². The summed E-state index contributed by atoms with van der Waals surface area (Å²) in [7, 11) is 0. The fourth-order valence-corrected chi connectivity index (χ4v) is 3.16. The Bertz CT molecular complexity index is 173. The van der Waals surface area contributed by atoms with Gasteiger partial charge in [-0.25, -0.2) is 0 Å². The first kappa shape index (κ1) is 12.4. The summed E-state index contributed by atoms with van der Waals surface area (Å²) in [6.45, 7) is 8.28. The van der Waals surface area contributed by atoms with Crippen LogP contribution in [0.5, 0.6) is 0 Å². The van der Waals surface area contributed by atoms with Gasteiger partial charge in [0.1, 0.15) is 0 Å². The summed E-state index contributed by atoms with van der Waals surface area (Å²) in [6, 6.07) is 0. The Kier molecular flexibility index (Phi) is 4.66. The van der Waals surface area contributed by atoms with E-state index in [4.69, 9.17) is 4.74 Å². The second-order valence-corrected chi connectivity index (χ2v) is 5.84. The van der Waals surface area contributed by atoms with Crippen LogP contribution < -0.4 is 5.32 Å². The highest BCUT2D eigenvalue weighted by Gasteiger charge is 2.25. The molecular formula is C14H27NO. The molecule has 0 aliphatic carbocycles. The molecule has 2 heterocycles. The molecule has 0 aromatic heterocycles. The molecule has 16 heavy (non-hydrogen) atoms. The van der Waals surface area contributed by atoms with Gasteiger partial charge < -0.3 is 10.1 Å². The third-order valence-electron chi connectivity index (χ3n) is 4.58. The number of rotatable bonds is 5. The van der Waals surface area contributed by atoms with Crippen LogP contribution >= 0.6 is 0 Å². The molecule has 2 aliphatic heterocycles. The van der Waals surface area contributed by atoms with Crippen molar-refractivity contribution in [2.45, 2.75) is 52.1 Å². The van der Waals surface area contributed by atoms with Crippen molar-refractivity contribution in [2.24, 2.45) is 17.8 Å². The van der Waals surface area contributed by atoms with Crippen LogP contribution in [0.2, 0.25) is 0 Å². The van der Waals surface area contributed by atoms with E-state index < -0.39 is 0 Å². The average molecular weight is 225 g/mol. The van der Waals surface area contributed by atoms with E-state index in [9.17, 15) is 0 Å². The SMILES string of the molecule is CC(CCC(C)C1CCCO1)C1CCNC1. The van der Waals surface area contributed by atoms with E-state index in [0.29, 0.717) is 6.10 Å². The summed E-state index contributed by atoms with van der Waals surface area (Å²) >= 11 is 0. The van der Waals surface area contributed by atoms with E-state index >= 15 is 0 Å². The Hall–Kier alpha value is -0.0800. The van der Waals surface area contributed by atoms with Gasteiger partial charge in [0.15, 0.2) is 0 Å². The molecule has 4 unspecified atom stereocenters. The van der Waals surface area contributed by atoms with Crippen LogP contribution in [0.15, 0.2) is 0 Å². The van der Waals surface area contributed by atoms with Gasteiger partial charge in [0, 0.05) is 6.61 Å². The summed E-state index contributed by atoms with van der Waals surface area (Å²) in [6.07, 6.45) is 7.25. The van der Waals surface area contributed by atoms with Gasteiger partial charge in [-0.2, -0.15) is 0 Å². The maximum absolute atomic E-state index is 5.76. The Morgan fingerprint density at radius 1 is 1.19 bits per heavy atom. The molecule has 0 radical (unpaired) electrons. The lowest BCUT2D eigenvalue weighted by molar-refractivity contribution is 0.0631. The minimum atomic E-state index is 0.564. The molecule has 1 N–H and O–H groups in total. The van der Waals surface area contributed by atoms with Crippen LogP contribution in [0.1, 0.15) is 46.0 Å². The first-order valence-corrected chi connectivity index (χ1v) is 7.09. The van der Waals surface area contributed by atoms with Crippen molar-refractivity contribution in [1.29, 1.82) is 0 Å². The predicted molar refractivity (Wildman–Crippen MR) is 67.5 cm³/mol. The lowest BCUT2D eigenvalue weighted by atomic mass is 9.85. The van der Waals surface area contributed by atoms with Crippen LogP contribution in [0, 0.1) is 17.8 Å². The van der Waals surface area contributed by atoms with Crippen molar-refractivity contribution in [3.05, 3.63) is 0 Å². The maximum Gasteiger partial charge on any atom is 0.0601 e. The van der Waals surface area contributed by atoms with Crippen molar-refractivity contribution in [1.82, 2.24) is 5.32 Å². The van der Waals surface area contributed by atoms with Gasteiger partial charge in [-0.1, -0.05) is 20.3 Å². The minimum absolute atomic E-state index is 0.564. The van der Waals surface area contributed by atoms with Crippen molar-refractivity contribution < 1.29 is 4.74 Å². The fourth-order valence-electron chi connectivity index (χ4n) is 3.16. The van der Waals surface area contributed by atoms with Crippen molar-refractivity contribution in [3.8, 4) is 0 Å². The van der Waals surface area contributed by atoms with E-state index in [1.165, 1.54) is 45.2 Å². The molecule has 0 saturated carbocycles. The van der Waals surface area contributed by atoms with Gasteiger partial charge in [-0.15, -0.1) is 0 Å². The number of hydrogen-bond donors (Lipinski definition) is 1. The van der Waals surface area contributed by atoms with E-state index in [2.05, 4.69) is 19.2 Å². The molecule has 94 valence electrons. The van der Waals surface area contributed by atoms with Crippen molar-refractivity contribution in [3.63, 3.8) is 0 Å². The minimum Gasteiger partial charge on any atom is -0.378 e. The Morgan fingerprint density at radius 2 is 2.00 bits per heavy atom. The van der Waals surface area contributed by atoms with Crippen molar-refractivity contribution in [2.75, 3.05) is 19.7 Å².